The quantitative estimate of drug-likeness (QED) is 0.578. The van der Waals surface area contributed by atoms with E-state index in [1.165, 1.54) is 12.3 Å². The van der Waals surface area contributed by atoms with Crippen LogP contribution in [0.1, 0.15) is 46.5 Å². The zero-order valence-corrected chi connectivity index (χ0v) is 17.1. The third-order valence-corrected chi connectivity index (χ3v) is 6.00. The lowest BCUT2D eigenvalue weighted by Crippen LogP contribution is -2.51. The summed E-state index contributed by atoms with van der Waals surface area (Å²) >= 11 is 0. The van der Waals surface area contributed by atoms with Crippen molar-refractivity contribution in [1.29, 1.82) is 0 Å². The standard InChI is InChI=1S/C21H26F2N6O2/c22-15-2-1-3-16(23)18(15)20(30)27-17-12-25-28-19(17)21(31)26-13-4-6-14(7-5-13)29-10-8-24-9-11-29/h1-3,12-14,24H,4-11H2,(H,25,28)(H,26,31)(H,27,30). The van der Waals surface area contributed by atoms with Crippen molar-refractivity contribution < 1.29 is 18.4 Å². The summed E-state index contributed by atoms with van der Waals surface area (Å²) in [5.74, 6) is -3.35. The molecule has 0 bridgehead atoms. The molecular weight excluding hydrogens is 406 g/mol. The molecule has 2 heterocycles. The van der Waals surface area contributed by atoms with Gasteiger partial charge in [0.2, 0.25) is 0 Å². The molecule has 1 aromatic heterocycles. The molecule has 8 nitrogen and oxygen atoms in total. The highest BCUT2D eigenvalue weighted by molar-refractivity contribution is 6.08. The van der Waals surface area contributed by atoms with Gasteiger partial charge in [-0.25, -0.2) is 8.78 Å². The van der Waals surface area contributed by atoms with Gasteiger partial charge in [-0.05, 0) is 37.8 Å². The fraction of sp³-hybridized carbons (Fsp3) is 0.476. The summed E-state index contributed by atoms with van der Waals surface area (Å²) in [7, 11) is 0. The number of nitrogens with one attached hydrogen (secondary N) is 4. The van der Waals surface area contributed by atoms with E-state index in [4.69, 9.17) is 0 Å². The van der Waals surface area contributed by atoms with Crippen LogP contribution in [0.2, 0.25) is 0 Å². The monoisotopic (exact) mass is 432 g/mol. The maximum absolute atomic E-state index is 13.9. The van der Waals surface area contributed by atoms with Gasteiger partial charge in [0.25, 0.3) is 11.8 Å². The Labute approximate surface area is 178 Å². The van der Waals surface area contributed by atoms with Crippen molar-refractivity contribution in [2.24, 2.45) is 0 Å². The number of hydrogen-bond donors (Lipinski definition) is 4. The average Bonchev–Trinajstić information content (AvgIpc) is 3.23. The number of carbonyl (C=O) groups excluding carboxylic acids is 2. The molecule has 1 aliphatic heterocycles. The number of hydrogen-bond acceptors (Lipinski definition) is 5. The molecule has 0 atom stereocenters. The minimum Gasteiger partial charge on any atom is -0.348 e. The van der Waals surface area contributed by atoms with Gasteiger partial charge >= 0.3 is 0 Å². The normalized spacial score (nSPS) is 22.1. The zero-order valence-electron chi connectivity index (χ0n) is 17.1. The van der Waals surface area contributed by atoms with E-state index in [0.29, 0.717) is 6.04 Å². The third-order valence-electron chi connectivity index (χ3n) is 6.00. The van der Waals surface area contributed by atoms with E-state index in [0.717, 1.165) is 64.0 Å². The van der Waals surface area contributed by atoms with E-state index in [-0.39, 0.29) is 17.4 Å². The van der Waals surface area contributed by atoms with Gasteiger partial charge in [-0.15, -0.1) is 0 Å². The van der Waals surface area contributed by atoms with Gasteiger partial charge in [-0.3, -0.25) is 19.6 Å². The number of halogens is 2. The Balaban J connectivity index is 1.34. The van der Waals surface area contributed by atoms with Gasteiger partial charge in [0.05, 0.1) is 11.9 Å². The van der Waals surface area contributed by atoms with Crippen LogP contribution in [0.5, 0.6) is 0 Å². The fourth-order valence-corrected chi connectivity index (χ4v) is 4.34. The van der Waals surface area contributed by atoms with Crippen LogP contribution < -0.4 is 16.0 Å². The molecule has 2 aromatic rings. The lowest BCUT2D eigenvalue weighted by atomic mass is 9.89. The van der Waals surface area contributed by atoms with E-state index in [1.807, 2.05) is 0 Å². The number of nitrogens with zero attached hydrogens (tertiary/aromatic N) is 2. The van der Waals surface area contributed by atoms with E-state index in [2.05, 4.69) is 31.0 Å². The summed E-state index contributed by atoms with van der Waals surface area (Å²) in [4.78, 5) is 27.6. The van der Waals surface area contributed by atoms with Crippen LogP contribution >= 0.6 is 0 Å². The highest BCUT2D eigenvalue weighted by Crippen LogP contribution is 2.24. The van der Waals surface area contributed by atoms with Gasteiger partial charge in [-0.2, -0.15) is 5.10 Å². The number of rotatable bonds is 5. The van der Waals surface area contributed by atoms with E-state index in [9.17, 15) is 18.4 Å². The van der Waals surface area contributed by atoms with Crippen molar-refractivity contribution in [2.75, 3.05) is 31.5 Å². The lowest BCUT2D eigenvalue weighted by Gasteiger charge is -2.39. The highest BCUT2D eigenvalue weighted by Gasteiger charge is 2.28. The number of aromatic nitrogens is 2. The van der Waals surface area contributed by atoms with Crippen LogP contribution in [0.25, 0.3) is 0 Å². The van der Waals surface area contributed by atoms with Gasteiger partial charge in [0, 0.05) is 38.3 Å². The van der Waals surface area contributed by atoms with Gasteiger partial charge in [-0.1, -0.05) is 6.07 Å². The zero-order chi connectivity index (χ0) is 21.8. The fourth-order valence-electron chi connectivity index (χ4n) is 4.34. The SMILES string of the molecule is O=C(NC1CCC(N2CCNCC2)CC1)c1[nH]ncc1NC(=O)c1c(F)cccc1F. The van der Waals surface area contributed by atoms with Crippen molar-refractivity contribution in [3.8, 4) is 0 Å². The van der Waals surface area contributed by atoms with Gasteiger partial charge in [0.1, 0.15) is 22.9 Å². The molecule has 2 amide bonds. The van der Waals surface area contributed by atoms with Crippen molar-refractivity contribution in [2.45, 2.75) is 37.8 Å². The van der Waals surface area contributed by atoms with Crippen LogP contribution in [-0.4, -0.2) is 65.2 Å². The second-order valence-corrected chi connectivity index (χ2v) is 7.97. The Hall–Kier alpha value is -2.85. The maximum Gasteiger partial charge on any atom is 0.271 e. The minimum absolute atomic E-state index is 0.0301. The Morgan fingerprint density at radius 1 is 1.03 bits per heavy atom. The predicted octanol–water partition coefficient (Wildman–Crippen LogP) is 1.89. The summed E-state index contributed by atoms with van der Waals surface area (Å²) in [5.41, 5.74) is -0.588. The molecule has 1 aliphatic carbocycles. The summed E-state index contributed by atoms with van der Waals surface area (Å²) in [6, 6.07) is 3.75. The average molecular weight is 432 g/mol. The number of amides is 2. The summed E-state index contributed by atoms with van der Waals surface area (Å²) in [6.07, 6.45) is 5.02. The summed E-state index contributed by atoms with van der Waals surface area (Å²) < 4.78 is 27.7. The second kappa shape index (κ2) is 9.52. The number of piperazine rings is 1. The molecule has 31 heavy (non-hydrogen) atoms. The van der Waals surface area contributed by atoms with Crippen molar-refractivity contribution in [3.05, 3.63) is 47.3 Å². The molecule has 0 spiro atoms. The molecule has 2 fully saturated rings. The minimum atomic E-state index is -0.984. The Bertz CT molecular complexity index is 915. The first kappa shape index (κ1) is 21.4. The van der Waals surface area contributed by atoms with Crippen LogP contribution in [0.4, 0.5) is 14.5 Å². The topological polar surface area (TPSA) is 102 Å². The number of anilines is 1. The molecular formula is C21H26F2N6O2. The maximum atomic E-state index is 13.9. The van der Waals surface area contributed by atoms with Crippen LogP contribution in [0, 0.1) is 11.6 Å². The first-order chi connectivity index (χ1) is 15.0. The predicted molar refractivity (Wildman–Crippen MR) is 111 cm³/mol. The highest BCUT2D eigenvalue weighted by atomic mass is 19.1. The Morgan fingerprint density at radius 3 is 2.39 bits per heavy atom. The van der Waals surface area contributed by atoms with E-state index >= 15 is 0 Å². The van der Waals surface area contributed by atoms with Crippen molar-refractivity contribution in [1.82, 2.24) is 25.7 Å². The molecule has 166 valence electrons. The Morgan fingerprint density at radius 2 is 1.71 bits per heavy atom. The second-order valence-electron chi connectivity index (χ2n) is 7.97. The summed E-state index contributed by atoms with van der Waals surface area (Å²) in [5, 5.41) is 15.1. The molecule has 4 rings (SSSR count). The van der Waals surface area contributed by atoms with E-state index < -0.39 is 29.0 Å². The molecule has 1 aromatic carbocycles. The molecule has 10 heteroatoms. The van der Waals surface area contributed by atoms with E-state index in [1.54, 1.807) is 0 Å². The molecule has 2 aliphatic rings. The van der Waals surface area contributed by atoms with Crippen LogP contribution in [-0.2, 0) is 0 Å². The number of carbonyl (C=O) groups is 2. The Kier molecular flexibility index (Phi) is 6.57. The first-order valence-corrected chi connectivity index (χ1v) is 10.6. The van der Waals surface area contributed by atoms with Gasteiger partial charge < -0.3 is 16.0 Å². The number of aromatic amines is 1. The van der Waals surface area contributed by atoms with Crippen LogP contribution in [0.15, 0.2) is 24.4 Å². The molecule has 1 saturated carbocycles. The van der Waals surface area contributed by atoms with Gasteiger partial charge in [0.15, 0.2) is 0 Å². The third kappa shape index (κ3) is 4.91. The molecule has 0 unspecified atom stereocenters. The number of H-pyrrole nitrogens is 1. The van der Waals surface area contributed by atoms with Crippen molar-refractivity contribution >= 4 is 17.5 Å². The molecule has 1 saturated heterocycles. The van der Waals surface area contributed by atoms with Crippen molar-refractivity contribution in [3.63, 3.8) is 0 Å². The molecule has 4 N–H and O–H groups in total. The smallest absolute Gasteiger partial charge is 0.271 e. The lowest BCUT2D eigenvalue weighted by molar-refractivity contribution is 0.0890. The number of benzene rings is 1. The van der Waals surface area contributed by atoms with Crippen LogP contribution in [0.3, 0.4) is 0 Å². The first-order valence-electron chi connectivity index (χ1n) is 10.6. The molecule has 0 radical (unpaired) electrons. The summed E-state index contributed by atoms with van der Waals surface area (Å²) in [6.45, 7) is 4.15. The largest absolute Gasteiger partial charge is 0.348 e.